The Morgan fingerprint density at radius 3 is 2.47 bits per heavy atom. The third-order valence-electron chi connectivity index (χ3n) is 3.47. The van der Waals surface area contributed by atoms with E-state index in [0.29, 0.717) is 0 Å². The molecule has 98 valence electrons. The summed E-state index contributed by atoms with van der Waals surface area (Å²) in [7, 11) is 2.04. The van der Waals surface area contributed by atoms with Gasteiger partial charge in [-0.1, -0.05) is 20.8 Å². The Kier molecular flexibility index (Phi) is 5.14. The molecule has 3 heteroatoms. The van der Waals surface area contributed by atoms with E-state index in [9.17, 15) is 0 Å². The number of thiazole rings is 1. The Morgan fingerprint density at radius 1 is 1.41 bits per heavy atom. The molecule has 1 N–H and O–H groups in total. The fraction of sp³-hybridized carbons (Fsp3) is 0.786. The van der Waals surface area contributed by atoms with Gasteiger partial charge in [0.05, 0.1) is 11.2 Å². The van der Waals surface area contributed by atoms with Crippen LogP contribution in [0.5, 0.6) is 0 Å². The van der Waals surface area contributed by atoms with E-state index in [2.05, 4.69) is 39.9 Å². The average Bonchev–Trinajstić information content (AvgIpc) is 2.68. The predicted molar refractivity (Wildman–Crippen MR) is 76.7 cm³/mol. The minimum atomic E-state index is 0.0348. The molecule has 0 saturated heterocycles. The zero-order valence-electron chi connectivity index (χ0n) is 12.1. The Hall–Kier alpha value is -0.410. The fourth-order valence-corrected chi connectivity index (χ4v) is 3.09. The molecule has 0 radical (unpaired) electrons. The lowest BCUT2D eigenvalue weighted by Crippen LogP contribution is -2.37. The van der Waals surface area contributed by atoms with Crippen LogP contribution >= 0.6 is 11.3 Å². The number of nitrogens with one attached hydrogen (secondary N) is 1. The van der Waals surface area contributed by atoms with E-state index in [1.165, 1.54) is 22.0 Å². The number of hydrogen-bond donors (Lipinski definition) is 1. The van der Waals surface area contributed by atoms with Crippen molar-refractivity contribution in [3.63, 3.8) is 0 Å². The lowest BCUT2D eigenvalue weighted by atomic mass is 9.92. The zero-order valence-corrected chi connectivity index (χ0v) is 12.9. The van der Waals surface area contributed by atoms with Gasteiger partial charge in [-0.25, -0.2) is 4.98 Å². The zero-order chi connectivity index (χ0) is 13.1. The Labute approximate surface area is 110 Å². The summed E-state index contributed by atoms with van der Waals surface area (Å²) < 4.78 is 0. The van der Waals surface area contributed by atoms with E-state index in [4.69, 9.17) is 4.98 Å². The molecule has 1 atom stereocenters. The first-order chi connectivity index (χ1) is 7.92. The van der Waals surface area contributed by atoms with Gasteiger partial charge in [0.1, 0.15) is 5.01 Å². The van der Waals surface area contributed by atoms with Crippen LogP contribution < -0.4 is 5.32 Å². The van der Waals surface area contributed by atoms with Gasteiger partial charge >= 0.3 is 0 Å². The highest BCUT2D eigenvalue weighted by atomic mass is 32.1. The van der Waals surface area contributed by atoms with Crippen LogP contribution in [0.25, 0.3) is 0 Å². The summed E-state index contributed by atoms with van der Waals surface area (Å²) in [4.78, 5) is 6.17. The Balaban J connectivity index is 2.90. The molecule has 0 bridgehead atoms. The maximum Gasteiger partial charge on any atom is 0.113 e. The quantitative estimate of drug-likeness (QED) is 0.833. The molecule has 0 spiro atoms. The summed E-state index contributed by atoms with van der Waals surface area (Å²) >= 11 is 1.85. The van der Waals surface area contributed by atoms with Crippen molar-refractivity contribution in [1.82, 2.24) is 10.3 Å². The highest BCUT2D eigenvalue weighted by Crippen LogP contribution is 2.32. The van der Waals surface area contributed by atoms with E-state index < -0.39 is 0 Å². The van der Waals surface area contributed by atoms with Crippen molar-refractivity contribution in [2.45, 2.75) is 59.4 Å². The van der Waals surface area contributed by atoms with Crippen molar-refractivity contribution < 1.29 is 0 Å². The molecule has 0 aliphatic carbocycles. The van der Waals surface area contributed by atoms with Gasteiger partial charge in [0.15, 0.2) is 0 Å². The van der Waals surface area contributed by atoms with Crippen LogP contribution in [0, 0.1) is 12.8 Å². The van der Waals surface area contributed by atoms with Crippen LogP contribution in [-0.4, -0.2) is 12.0 Å². The first-order valence-electron chi connectivity index (χ1n) is 6.58. The molecule has 0 aliphatic heterocycles. The molecular formula is C14H26N2S. The topological polar surface area (TPSA) is 24.9 Å². The predicted octanol–water partition coefficient (Wildman–Crippen LogP) is 3.88. The van der Waals surface area contributed by atoms with Crippen molar-refractivity contribution in [3.05, 3.63) is 15.6 Å². The second-order valence-electron chi connectivity index (χ2n) is 5.39. The molecule has 0 saturated carbocycles. The van der Waals surface area contributed by atoms with E-state index in [1.807, 2.05) is 18.4 Å². The number of nitrogens with zero attached hydrogens (tertiary/aromatic N) is 1. The van der Waals surface area contributed by atoms with Gasteiger partial charge in [0.2, 0.25) is 0 Å². The van der Waals surface area contributed by atoms with Crippen molar-refractivity contribution in [2.75, 3.05) is 7.05 Å². The molecule has 0 amide bonds. The summed E-state index contributed by atoms with van der Waals surface area (Å²) in [5.74, 6) is 0.745. The normalized spacial score (nSPS) is 15.2. The summed E-state index contributed by atoms with van der Waals surface area (Å²) in [6.07, 6.45) is 3.42. The maximum absolute atomic E-state index is 4.81. The highest BCUT2D eigenvalue weighted by molar-refractivity contribution is 7.11. The molecule has 1 heterocycles. The van der Waals surface area contributed by atoms with Crippen molar-refractivity contribution in [1.29, 1.82) is 0 Å². The second-order valence-corrected chi connectivity index (χ2v) is 6.59. The molecule has 2 nitrogen and oxygen atoms in total. The second kappa shape index (κ2) is 5.96. The molecule has 0 fully saturated rings. The van der Waals surface area contributed by atoms with E-state index >= 15 is 0 Å². The molecule has 1 rings (SSSR count). The molecule has 1 unspecified atom stereocenters. The number of hydrogen-bond acceptors (Lipinski definition) is 3. The Bertz CT molecular complexity index is 357. The fourth-order valence-electron chi connectivity index (χ4n) is 1.91. The van der Waals surface area contributed by atoms with Crippen LogP contribution in [-0.2, 0) is 12.0 Å². The third kappa shape index (κ3) is 3.52. The SMILES string of the molecule is CCc1nc(C(C)(CCC(C)C)NC)sc1C. The van der Waals surface area contributed by atoms with E-state index in [0.717, 1.165) is 18.8 Å². The first-order valence-corrected chi connectivity index (χ1v) is 7.40. The van der Waals surface area contributed by atoms with Crippen molar-refractivity contribution in [2.24, 2.45) is 5.92 Å². The van der Waals surface area contributed by atoms with Gasteiger partial charge < -0.3 is 5.32 Å². The van der Waals surface area contributed by atoms with Crippen LogP contribution in [0.3, 0.4) is 0 Å². The molecule has 1 aromatic rings. The molecule has 0 aliphatic rings. The summed E-state index contributed by atoms with van der Waals surface area (Å²) in [6, 6.07) is 0. The lowest BCUT2D eigenvalue weighted by Gasteiger charge is -2.27. The van der Waals surface area contributed by atoms with Crippen molar-refractivity contribution >= 4 is 11.3 Å². The number of aryl methyl sites for hydroxylation is 2. The lowest BCUT2D eigenvalue weighted by molar-refractivity contribution is 0.333. The third-order valence-corrected chi connectivity index (χ3v) is 4.75. The molecular weight excluding hydrogens is 228 g/mol. The van der Waals surface area contributed by atoms with Gasteiger partial charge in [-0.2, -0.15) is 0 Å². The molecule has 0 aromatic carbocycles. The van der Waals surface area contributed by atoms with Crippen LogP contribution in [0.1, 0.15) is 56.1 Å². The summed E-state index contributed by atoms with van der Waals surface area (Å²) in [5.41, 5.74) is 1.30. The highest BCUT2D eigenvalue weighted by Gasteiger charge is 2.28. The number of aromatic nitrogens is 1. The smallest absolute Gasteiger partial charge is 0.113 e. The van der Waals surface area contributed by atoms with Gasteiger partial charge in [-0.05, 0) is 46.1 Å². The van der Waals surface area contributed by atoms with Crippen LogP contribution in [0.15, 0.2) is 0 Å². The number of rotatable bonds is 6. The summed E-state index contributed by atoms with van der Waals surface area (Å²) in [5, 5.41) is 4.71. The van der Waals surface area contributed by atoms with Crippen molar-refractivity contribution in [3.8, 4) is 0 Å². The van der Waals surface area contributed by atoms with Crippen LogP contribution in [0.4, 0.5) is 0 Å². The summed E-state index contributed by atoms with van der Waals surface area (Å²) in [6.45, 7) is 11.2. The minimum Gasteiger partial charge on any atom is -0.309 e. The molecule has 1 aromatic heterocycles. The standard InChI is InChI=1S/C14H26N2S/c1-7-12-11(4)17-13(16-12)14(5,15-6)9-8-10(2)3/h10,15H,7-9H2,1-6H3. The van der Waals surface area contributed by atoms with Gasteiger partial charge in [-0.3, -0.25) is 0 Å². The Morgan fingerprint density at radius 2 is 2.06 bits per heavy atom. The largest absolute Gasteiger partial charge is 0.309 e. The van der Waals surface area contributed by atoms with Gasteiger partial charge in [-0.15, -0.1) is 11.3 Å². The molecule has 17 heavy (non-hydrogen) atoms. The van der Waals surface area contributed by atoms with Crippen LogP contribution in [0.2, 0.25) is 0 Å². The van der Waals surface area contributed by atoms with Gasteiger partial charge in [0.25, 0.3) is 0 Å². The van der Waals surface area contributed by atoms with E-state index in [-0.39, 0.29) is 5.54 Å². The van der Waals surface area contributed by atoms with E-state index in [1.54, 1.807) is 0 Å². The maximum atomic E-state index is 4.81. The average molecular weight is 254 g/mol. The monoisotopic (exact) mass is 254 g/mol. The first kappa shape index (κ1) is 14.7. The minimum absolute atomic E-state index is 0.0348. The van der Waals surface area contributed by atoms with Gasteiger partial charge in [0, 0.05) is 4.88 Å².